The first-order valence-electron chi connectivity index (χ1n) is 16.1. The molecule has 0 aliphatic carbocycles. The van der Waals surface area contributed by atoms with Gasteiger partial charge in [0.2, 0.25) is 0 Å². The zero-order chi connectivity index (χ0) is 38.0. The smallest absolute Gasteiger partial charge is 0.744 e. The van der Waals surface area contributed by atoms with Crippen LogP contribution >= 0.6 is 0 Å². The van der Waals surface area contributed by atoms with Crippen molar-refractivity contribution in [1.29, 1.82) is 0 Å². The van der Waals surface area contributed by atoms with Crippen LogP contribution < -0.4 is 0 Å². The third-order valence-electron chi connectivity index (χ3n) is 8.49. The molecule has 0 bridgehead atoms. The van der Waals surface area contributed by atoms with Gasteiger partial charge in [-0.05, 0) is 45.8 Å². The van der Waals surface area contributed by atoms with Gasteiger partial charge >= 0.3 is 48.9 Å². The molecular weight excluding hydrogens is 866 g/mol. The summed E-state index contributed by atoms with van der Waals surface area (Å²) in [6.45, 7) is 0. The molecule has 0 aliphatic heterocycles. The molecule has 15 heteroatoms. The molecule has 8 aromatic rings. The standard InChI is InChI=1S/2C20H14N2O4S.Ba/c2*23-18-12-10-13-5-1-3-7-15(13)19(18)22-21-17-11-9-14-6-2-4-8-16(14)20(17)27(24,25)26;/h2*1-12,23H,(H,24,25,26);/q;;+2/p-2/b2*22-21+;. The van der Waals surface area contributed by atoms with E-state index in [1.165, 1.54) is 24.3 Å². The van der Waals surface area contributed by atoms with E-state index in [4.69, 9.17) is 0 Å². The van der Waals surface area contributed by atoms with Crippen molar-refractivity contribution in [3.05, 3.63) is 146 Å². The van der Waals surface area contributed by atoms with E-state index in [0.717, 1.165) is 10.8 Å². The quantitative estimate of drug-likeness (QED) is 0.0932. The number of phenols is 2. The summed E-state index contributed by atoms with van der Waals surface area (Å²) in [5.41, 5.74) is 0.262. The van der Waals surface area contributed by atoms with Crippen LogP contribution in [-0.4, -0.2) is 85.0 Å². The van der Waals surface area contributed by atoms with Crippen molar-refractivity contribution < 1.29 is 36.2 Å². The van der Waals surface area contributed by atoms with Gasteiger partial charge in [-0.1, -0.05) is 121 Å². The maximum Gasteiger partial charge on any atom is 2.00 e. The van der Waals surface area contributed by atoms with Crippen molar-refractivity contribution in [2.75, 3.05) is 0 Å². The minimum absolute atomic E-state index is 0. The summed E-state index contributed by atoms with van der Waals surface area (Å²) in [7, 11) is -9.57. The van der Waals surface area contributed by atoms with Crippen LogP contribution in [0.15, 0.2) is 176 Å². The van der Waals surface area contributed by atoms with Gasteiger partial charge in [-0.2, -0.15) is 0 Å². The molecule has 0 spiro atoms. The second-order valence-electron chi connectivity index (χ2n) is 11.9. The molecule has 268 valence electrons. The third kappa shape index (κ3) is 8.47. The number of phenolic OH excluding ortho intramolecular Hbond substituents is 2. The van der Waals surface area contributed by atoms with E-state index < -0.39 is 30.0 Å². The van der Waals surface area contributed by atoms with Gasteiger partial charge in [0, 0.05) is 21.5 Å². The number of azo groups is 2. The van der Waals surface area contributed by atoms with Crippen LogP contribution in [0.2, 0.25) is 0 Å². The van der Waals surface area contributed by atoms with Gasteiger partial charge in [0.25, 0.3) is 0 Å². The summed E-state index contributed by atoms with van der Waals surface area (Å²) in [5, 5.41) is 41.2. The largest absolute Gasteiger partial charge is 2.00 e. The average molecular weight is 892 g/mol. The maximum absolute atomic E-state index is 11.9. The normalized spacial score (nSPS) is 12.0. The predicted octanol–water partition coefficient (Wildman–Crippen LogP) is 9.66. The van der Waals surface area contributed by atoms with E-state index >= 15 is 0 Å². The van der Waals surface area contributed by atoms with Crippen LogP contribution in [0.3, 0.4) is 0 Å². The molecule has 2 N–H and O–H groups in total. The Labute approximate surface area is 355 Å². The summed E-state index contributed by atoms with van der Waals surface area (Å²) < 4.78 is 71.1. The first-order chi connectivity index (χ1) is 25.9. The first kappa shape index (κ1) is 39.7. The van der Waals surface area contributed by atoms with Crippen molar-refractivity contribution >= 4 is 135 Å². The SMILES string of the molecule is O=S(=O)([O-])c1c(/N=N/c2c(O)ccc3ccccc23)ccc2ccccc12.O=S(=O)([O-])c1c(/N=N/c2c(O)ccc3ccccc23)ccc2ccccc12.[Ba+2]. The summed E-state index contributed by atoms with van der Waals surface area (Å²) in [6.07, 6.45) is 0. The van der Waals surface area contributed by atoms with E-state index in [1.54, 1.807) is 97.1 Å². The van der Waals surface area contributed by atoms with Gasteiger partial charge < -0.3 is 19.3 Å². The summed E-state index contributed by atoms with van der Waals surface area (Å²) >= 11 is 0. The zero-order valence-corrected chi connectivity index (χ0v) is 34.6. The average Bonchev–Trinajstić information content (AvgIpc) is 3.16. The van der Waals surface area contributed by atoms with Crippen molar-refractivity contribution in [2.24, 2.45) is 20.5 Å². The Morgan fingerprint density at radius 2 is 0.673 bits per heavy atom. The van der Waals surface area contributed by atoms with Crippen molar-refractivity contribution in [3.8, 4) is 11.5 Å². The fourth-order valence-corrected chi connectivity index (χ4v) is 7.69. The molecular formula is C40H26BaN4O8S2. The maximum atomic E-state index is 11.9. The van der Waals surface area contributed by atoms with E-state index in [1.807, 2.05) is 24.3 Å². The number of hydrogen-bond acceptors (Lipinski definition) is 12. The molecule has 0 fully saturated rings. The fraction of sp³-hybridized carbons (Fsp3) is 0. The van der Waals surface area contributed by atoms with Gasteiger partial charge in [0.05, 0.1) is 9.79 Å². The molecule has 0 saturated heterocycles. The molecule has 0 aliphatic rings. The molecule has 0 saturated carbocycles. The van der Waals surface area contributed by atoms with Crippen LogP contribution in [0.25, 0.3) is 43.1 Å². The Balaban J connectivity index is 0.000000184. The van der Waals surface area contributed by atoms with Gasteiger partial charge in [0.1, 0.15) is 54.5 Å². The number of rotatable bonds is 6. The van der Waals surface area contributed by atoms with Crippen LogP contribution in [0.1, 0.15) is 0 Å². The van der Waals surface area contributed by atoms with Crippen LogP contribution in [0, 0.1) is 0 Å². The Hall–Kier alpha value is -5.01. The van der Waals surface area contributed by atoms with E-state index in [9.17, 15) is 36.2 Å². The van der Waals surface area contributed by atoms with E-state index in [-0.39, 0.29) is 93.9 Å². The molecule has 0 atom stereocenters. The fourth-order valence-electron chi connectivity index (χ4n) is 6.05. The van der Waals surface area contributed by atoms with Gasteiger partial charge in [-0.15, -0.1) is 20.5 Å². The summed E-state index contributed by atoms with van der Waals surface area (Å²) in [6, 6.07) is 40.5. The second kappa shape index (κ2) is 16.4. The Morgan fingerprint density at radius 3 is 1.02 bits per heavy atom. The molecule has 8 aromatic carbocycles. The van der Waals surface area contributed by atoms with Crippen molar-refractivity contribution in [2.45, 2.75) is 9.79 Å². The Morgan fingerprint density at radius 1 is 0.382 bits per heavy atom. The van der Waals surface area contributed by atoms with Crippen LogP contribution in [0.5, 0.6) is 11.5 Å². The van der Waals surface area contributed by atoms with Gasteiger partial charge in [-0.25, -0.2) is 16.8 Å². The minimum Gasteiger partial charge on any atom is -0.744 e. The molecule has 0 radical (unpaired) electrons. The third-order valence-corrected chi connectivity index (χ3v) is 10.3. The predicted molar refractivity (Wildman–Crippen MR) is 209 cm³/mol. The molecule has 8 rings (SSSR count). The monoisotopic (exact) mass is 892 g/mol. The van der Waals surface area contributed by atoms with Crippen LogP contribution in [0.4, 0.5) is 22.7 Å². The second-order valence-corrected chi connectivity index (χ2v) is 14.5. The van der Waals surface area contributed by atoms with Crippen LogP contribution in [-0.2, 0) is 20.2 Å². The number of hydrogen-bond donors (Lipinski definition) is 2. The molecule has 0 unspecified atom stereocenters. The molecule has 0 amide bonds. The molecule has 0 heterocycles. The summed E-state index contributed by atoms with van der Waals surface area (Å²) in [4.78, 5) is -0.854. The number of nitrogens with zero attached hydrogens (tertiary/aromatic N) is 4. The topological polar surface area (TPSA) is 204 Å². The van der Waals surface area contributed by atoms with E-state index in [0.29, 0.717) is 21.5 Å². The van der Waals surface area contributed by atoms with Crippen molar-refractivity contribution in [1.82, 2.24) is 0 Å². The number of benzene rings is 8. The molecule has 0 aromatic heterocycles. The summed E-state index contributed by atoms with van der Waals surface area (Å²) in [5.74, 6) is -0.186. The Kier molecular flexibility index (Phi) is 11.8. The zero-order valence-electron chi connectivity index (χ0n) is 28.5. The minimum atomic E-state index is -4.78. The first-order valence-corrected chi connectivity index (χ1v) is 18.9. The number of fused-ring (bicyclic) bond motifs is 4. The number of aromatic hydroxyl groups is 2. The molecule has 55 heavy (non-hydrogen) atoms. The van der Waals surface area contributed by atoms with E-state index in [2.05, 4.69) is 20.5 Å². The van der Waals surface area contributed by atoms with Crippen molar-refractivity contribution in [3.63, 3.8) is 0 Å². The van der Waals surface area contributed by atoms with Gasteiger partial charge in [0.15, 0.2) is 0 Å². The Bertz CT molecular complexity index is 2840. The molecule has 12 nitrogen and oxygen atoms in total. The van der Waals surface area contributed by atoms with Gasteiger partial charge in [-0.3, -0.25) is 0 Å².